The fraction of sp³-hybridized carbons (Fsp3) is 0.360. The number of benzene rings is 2. The minimum absolute atomic E-state index is 0. The number of aromatic nitrogens is 2. The van der Waals surface area contributed by atoms with E-state index in [1.165, 1.54) is 11.1 Å². The fourth-order valence-corrected chi connectivity index (χ4v) is 4.17. The smallest absolute Gasteiger partial charge is 0.191 e. The number of rotatable bonds is 6. The zero-order valence-electron chi connectivity index (χ0n) is 18.8. The lowest BCUT2D eigenvalue weighted by Crippen LogP contribution is -2.51. The lowest BCUT2D eigenvalue weighted by atomic mass is 9.97. The van der Waals surface area contributed by atoms with Gasteiger partial charge in [-0.1, -0.05) is 42.5 Å². The van der Waals surface area contributed by atoms with Crippen molar-refractivity contribution in [3.8, 4) is 5.69 Å². The number of likely N-dealkylation sites (tertiary alicyclic amines) is 1. The third-order valence-corrected chi connectivity index (χ3v) is 5.97. The molecule has 32 heavy (non-hydrogen) atoms. The minimum atomic E-state index is 0. The number of piperidine rings is 1. The first-order valence-electron chi connectivity index (χ1n) is 11.1. The third-order valence-electron chi connectivity index (χ3n) is 5.97. The van der Waals surface area contributed by atoms with Crippen molar-refractivity contribution in [2.45, 2.75) is 44.9 Å². The molecule has 2 heterocycles. The molecule has 2 N–H and O–H groups in total. The van der Waals surface area contributed by atoms with Crippen LogP contribution in [0.1, 0.15) is 30.9 Å². The van der Waals surface area contributed by atoms with E-state index < -0.39 is 0 Å². The number of guanidine groups is 1. The molecule has 1 aliphatic rings. The van der Waals surface area contributed by atoms with E-state index in [-0.39, 0.29) is 24.0 Å². The van der Waals surface area contributed by atoms with Crippen LogP contribution in [-0.4, -0.2) is 46.3 Å². The van der Waals surface area contributed by atoms with E-state index in [0.717, 1.165) is 44.1 Å². The van der Waals surface area contributed by atoms with Crippen LogP contribution < -0.4 is 10.6 Å². The number of hydrogen-bond acceptors (Lipinski definition) is 3. The summed E-state index contributed by atoms with van der Waals surface area (Å²) >= 11 is 0. The maximum Gasteiger partial charge on any atom is 0.191 e. The van der Waals surface area contributed by atoms with E-state index in [0.29, 0.717) is 12.1 Å². The highest BCUT2D eigenvalue weighted by molar-refractivity contribution is 14.0. The molecule has 2 unspecified atom stereocenters. The highest BCUT2D eigenvalue weighted by atomic mass is 127. The summed E-state index contributed by atoms with van der Waals surface area (Å²) in [6.45, 7) is 5.19. The van der Waals surface area contributed by atoms with Crippen LogP contribution >= 0.6 is 24.0 Å². The monoisotopic (exact) mass is 544 g/mol. The summed E-state index contributed by atoms with van der Waals surface area (Å²) < 4.78 is 1.86. The number of hydrogen-bond donors (Lipinski definition) is 2. The lowest BCUT2D eigenvalue weighted by Gasteiger charge is -2.38. The maximum absolute atomic E-state index is 4.43. The van der Waals surface area contributed by atoms with Gasteiger partial charge in [-0.05, 0) is 49.1 Å². The average molecular weight is 544 g/mol. The molecule has 0 radical (unpaired) electrons. The molecule has 0 saturated carbocycles. The summed E-state index contributed by atoms with van der Waals surface area (Å²) in [5, 5.41) is 11.4. The number of halogens is 1. The molecule has 0 spiro atoms. The van der Waals surface area contributed by atoms with Crippen LogP contribution in [0.5, 0.6) is 0 Å². The zero-order chi connectivity index (χ0) is 21.5. The summed E-state index contributed by atoms with van der Waals surface area (Å²) in [5.74, 6) is 0.866. The fourth-order valence-electron chi connectivity index (χ4n) is 4.17. The molecule has 7 heteroatoms. The molecule has 0 aliphatic carbocycles. The second-order valence-corrected chi connectivity index (χ2v) is 8.21. The highest BCUT2D eigenvalue weighted by Crippen LogP contribution is 2.20. The Bertz CT molecular complexity index is 956. The second-order valence-electron chi connectivity index (χ2n) is 8.21. The number of aliphatic imine (C=N–C) groups is 1. The zero-order valence-corrected chi connectivity index (χ0v) is 21.1. The van der Waals surface area contributed by atoms with Crippen molar-refractivity contribution in [3.05, 3.63) is 84.2 Å². The Kier molecular flexibility index (Phi) is 9.11. The van der Waals surface area contributed by atoms with Gasteiger partial charge in [-0.2, -0.15) is 5.10 Å². The topological polar surface area (TPSA) is 57.5 Å². The minimum Gasteiger partial charge on any atom is -0.354 e. The largest absolute Gasteiger partial charge is 0.354 e. The summed E-state index contributed by atoms with van der Waals surface area (Å²) in [5.41, 5.74) is 3.66. The van der Waals surface area contributed by atoms with Crippen LogP contribution in [0.25, 0.3) is 5.69 Å². The van der Waals surface area contributed by atoms with Gasteiger partial charge in [0.15, 0.2) is 5.96 Å². The quantitative estimate of drug-likeness (QED) is 0.278. The van der Waals surface area contributed by atoms with E-state index in [9.17, 15) is 0 Å². The lowest BCUT2D eigenvalue weighted by molar-refractivity contribution is 0.134. The molecule has 6 nitrogen and oxygen atoms in total. The number of nitrogens with zero attached hydrogens (tertiary/aromatic N) is 4. The van der Waals surface area contributed by atoms with Gasteiger partial charge in [-0.25, -0.2) is 4.68 Å². The molecule has 0 amide bonds. The van der Waals surface area contributed by atoms with Crippen molar-refractivity contribution in [2.75, 3.05) is 13.6 Å². The molecule has 1 saturated heterocycles. The van der Waals surface area contributed by atoms with Gasteiger partial charge in [0.1, 0.15) is 0 Å². The van der Waals surface area contributed by atoms with E-state index in [1.807, 2.05) is 24.0 Å². The first kappa shape index (κ1) is 24.3. The van der Waals surface area contributed by atoms with Crippen molar-refractivity contribution in [1.29, 1.82) is 0 Å². The molecule has 1 aromatic heterocycles. The molecule has 2 atom stereocenters. The second kappa shape index (κ2) is 12.0. The summed E-state index contributed by atoms with van der Waals surface area (Å²) in [4.78, 5) is 7.01. The normalized spacial score (nSPS) is 19.2. The van der Waals surface area contributed by atoms with Crippen LogP contribution in [0.2, 0.25) is 0 Å². The standard InChI is InChI=1S/C25H32N6.HI/c1-20-17-23(13-16-30(20)19-22-7-4-3-5-8-22)29-25(26-2)27-18-21-9-11-24(12-10-21)31-15-6-14-28-31;/h3-12,14-15,20,23H,13,16-19H2,1-2H3,(H2,26,27,29);1H. The van der Waals surface area contributed by atoms with Crippen LogP contribution in [0, 0.1) is 0 Å². The third kappa shape index (κ3) is 6.56. The predicted molar refractivity (Wildman–Crippen MR) is 142 cm³/mol. The maximum atomic E-state index is 4.43. The van der Waals surface area contributed by atoms with Crippen molar-refractivity contribution < 1.29 is 0 Å². The van der Waals surface area contributed by atoms with Gasteiger partial charge in [-0.15, -0.1) is 24.0 Å². The van der Waals surface area contributed by atoms with Gasteiger partial charge in [0.05, 0.1) is 5.69 Å². The van der Waals surface area contributed by atoms with Crippen molar-refractivity contribution in [2.24, 2.45) is 4.99 Å². The van der Waals surface area contributed by atoms with Gasteiger partial charge in [0.25, 0.3) is 0 Å². The van der Waals surface area contributed by atoms with Gasteiger partial charge in [0.2, 0.25) is 0 Å². The Morgan fingerprint density at radius 3 is 2.50 bits per heavy atom. The van der Waals surface area contributed by atoms with Crippen molar-refractivity contribution in [3.63, 3.8) is 0 Å². The van der Waals surface area contributed by atoms with E-state index in [2.05, 4.69) is 87.1 Å². The Morgan fingerprint density at radius 1 is 1.06 bits per heavy atom. The van der Waals surface area contributed by atoms with E-state index in [1.54, 1.807) is 6.20 Å². The summed E-state index contributed by atoms with van der Waals surface area (Å²) in [7, 11) is 1.84. The Hall–Kier alpha value is -2.39. The van der Waals surface area contributed by atoms with Crippen LogP contribution in [-0.2, 0) is 13.1 Å². The number of nitrogens with one attached hydrogen (secondary N) is 2. The van der Waals surface area contributed by atoms with Crippen LogP contribution in [0.15, 0.2) is 78.0 Å². The SMILES string of the molecule is CN=C(NCc1ccc(-n2cccn2)cc1)NC1CCN(Cc2ccccc2)C(C)C1.I. The molecule has 170 valence electrons. The van der Waals surface area contributed by atoms with E-state index >= 15 is 0 Å². The Morgan fingerprint density at radius 2 is 1.84 bits per heavy atom. The van der Waals surface area contributed by atoms with Gasteiger partial charge in [-0.3, -0.25) is 9.89 Å². The summed E-state index contributed by atoms with van der Waals surface area (Å²) in [6.07, 6.45) is 5.98. The molecule has 0 bridgehead atoms. The Balaban J connectivity index is 0.00000289. The summed E-state index contributed by atoms with van der Waals surface area (Å²) in [6, 6.07) is 22.1. The predicted octanol–water partition coefficient (Wildman–Crippen LogP) is 4.21. The Labute approximate surface area is 208 Å². The molecule has 4 rings (SSSR count). The molecular weight excluding hydrogens is 511 g/mol. The van der Waals surface area contributed by atoms with Gasteiger partial charge in [0, 0.05) is 51.2 Å². The highest BCUT2D eigenvalue weighted by Gasteiger charge is 2.25. The molecule has 3 aromatic rings. The molecule has 2 aromatic carbocycles. The van der Waals surface area contributed by atoms with Crippen molar-refractivity contribution >= 4 is 29.9 Å². The first-order valence-corrected chi connectivity index (χ1v) is 11.1. The average Bonchev–Trinajstić information content (AvgIpc) is 3.34. The van der Waals surface area contributed by atoms with Crippen molar-refractivity contribution in [1.82, 2.24) is 25.3 Å². The van der Waals surface area contributed by atoms with Gasteiger partial charge < -0.3 is 10.6 Å². The molecule has 1 fully saturated rings. The molecule has 1 aliphatic heterocycles. The van der Waals surface area contributed by atoms with Crippen LogP contribution in [0.4, 0.5) is 0 Å². The van der Waals surface area contributed by atoms with Crippen LogP contribution in [0.3, 0.4) is 0 Å². The van der Waals surface area contributed by atoms with Gasteiger partial charge >= 0.3 is 0 Å². The first-order chi connectivity index (χ1) is 15.2. The van der Waals surface area contributed by atoms with E-state index in [4.69, 9.17) is 0 Å². The molecular formula is C25H33IN6.